The third-order valence-electron chi connectivity index (χ3n) is 3.93. The van der Waals surface area contributed by atoms with Crippen LogP contribution in [0.5, 0.6) is 0 Å². The zero-order valence-corrected chi connectivity index (χ0v) is 12.5. The number of anilines is 1. The Hall–Kier alpha value is -2.56. The Morgan fingerprint density at radius 3 is 2.68 bits per heavy atom. The van der Waals surface area contributed by atoms with Gasteiger partial charge in [-0.3, -0.25) is 4.79 Å². The number of carbonyl (C=O) groups is 2. The number of ketones is 1. The molecule has 1 aliphatic heterocycles. The number of hydrogen-bond donors (Lipinski definition) is 1. The van der Waals surface area contributed by atoms with Gasteiger partial charge in [0.15, 0.2) is 0 Å². The van der Waals surface area contributed by atoms with Gasteiger partial charge in [-0.15, -0.1) is 0 Å². The predicted molar refractivity (Wildman–Crippen MR) is 83.0 cm³/mol. The second kappa shape index (κ2) is 5.67. The molecule has 0 amide bonds. The molecule has 0 saturated carbocycles. The van der Waals surface area contributed by atoms with Crippen LogP contribution in [0.4, 0.5) is 5.69 Å². The Morgan fingerprint density at radius 1 is 1.27 bits per heavy atom. The lowest BCUT2D eigenvalue weighted by atomic mass is 10.1. The van der Waals surface area contributed by atoms with E-state index in [-0.39, 0.29) is 18.1 Å². The van der Waals surface area contributed by atoms with Crippen LogP contribution >= 0.6 is 0 Å². The summed E-state index contributed by atoms with van der Waals surface area (Å²) in [5.41, 5.74) is 8.53. The van der Waals surface area contributed by atoms with Crippen molar-refractivity contribution < 1.29 is 14.3 Å². The first-order valence-corrected chi connectivity index (χ1v) is 7.42. The lowest BCUT2D eigenvalue weighted by Crippen LogP contribution is -2.12. The minimum Gasteiger partial charge on any atom is -0.462 e. The van der Waals surface area contributed by atoms with Gasteiger partial charge in [0.05, 0.1) is 12.3 Å². The molecule has 2 N–H and O–H groups in total. The van der Waals surface area contributed by atoms with E-state index in [0.29, 0.717) is 23.4 Å². The van der Waals surface area contributed by atoms with E-state index < -0.39 is 5.97 Å². The quantitative estimate of drug-likeness (QED) is 0.695. The van der Waals surface area contributed by atoms with Crippen molar-refractivity contribution in [2.45, 2.75) is 26.3 Å². The molecule has 0 saturated heterocycles. The summed E-state index contributed by atoms with van der Waals surface area (Å²) in [6.45, 7) is 2.73. The lowest BCUT2D eigenvalue weighted by Gasteiger charge is -2.06. The molecular formula is C17H18N2O3. The molecular weight excluding hydrogens is 280 g/mol. The third-order valence-corrected chi connectivity index (χ3v) is 3.93. The molecule has 0 fully saturated rings. The van der Waals surface area contributed by atoms with Gasteiger partial charge in [0.25, 0.3) is 0 Å². The van der Waals surface area contributed by atoms with E-state index in [1.54, 1.807) is 19.1 Å². The van der Waals surface area contributed by atoms with Crippen molar-refractivity contribution >= 4 is 17.4 Å². The topological polar surface area (TPSA) is 74.3 Å². The lowest BCUT2D eigenvalue weighted by molar-refractivity contribution is 0.0526. The van der Waals surface area contributed by atoms with Crippen molar-refractivity contribution in [2.75, 3.05) is 12.3 Å². The standard InChI is InChI=1S/C17H18N2O3/c1-2-22-17(21)13-12-9-6-10-19(12)15(14(13)18)16(20)11-7-4-3-5-8-11/h3-5,7-8H,2,6,9-10,18H2,1H3. The second-order valence-electron chi connectivity index (χ2n) is 5.25. The number of ether oxygens (including phenoxy) is 1. The molecule has 0 spiro atoms. The zero-order valence-electron chi connectivity index (χ0n) is 12.5. The summed E-state index contributed by atoms with van der Waals surface area (Å²) in [5, 5.41) is 0. The van der Waals surface area contributed by atoms with Gasteiger partial charge >= 0.3 is 5.97 Å². The molecule has 3 rings (SSSR count). The summed E-state index contributed by atoms with van der Waals surface area (Å²) in [5.74, 6) is -0.602. The fraction of sp³-hybridized carbons (Fsp3) is 0.294. The first-order valence-electron chi connectivity index (χ1n) is 7.42. The highest BCUT2D eigenvalue weighted by molar-refractivity contribution is 6.14. The summed E-state index contributed by atoms with van der Waals surface area (Å²) in [7, 11) is 0. The summed E-state index contributed by atoms with van der Waals surface area (Å²) in [6, 6.07) is 8.97. The first kappa shape index (κ1) is 14.4. The smallest absolute Gasteiger partial charge is 0.342 e. The van der Waals surface area contributed by atoms with Crippen molar-refractivity contribution in [1.29, 1.82) is 0 Å². The van der Waals surface area contributed by atoms with E-state index in [4.69, 9.17) is 10.5 Å². The molecule has 0 aliphatic carbocycles. The molecule has 0 unspecified atom stereocenters. The molecule has 0 radical (unpaired) electrons. The maximum absolute atomic E-state index is 12.8. The number of aromatic nitrogens is 1. The molecule has 5 heteroatoms. The number of rotatable bonds is 4. The van der Waals surface area contributed by atoms with Crippen molar-refractivity contribution in [2.24, 2.45) is 0 Å². The van der Waals surface area contributed by atoms with Crippen LogP contribution in [0.25, 0.3) is 0 Å². The number of fused-ring (bicyclic) bond motifs is 1. The molecule has 1 aliphatic rings. The van der Waals surface area contributed by atoms with E-state index in [2.05, 4.69) is 0 Å². The summed E-state index contributed by atoms with van der Waals surface area (Å²) in [6.07, 6.45) is 1.64. The van der Waals surface area contributed by atoms with Crippen LogP contribution in [0.1, 0.15) is 45.4 Å². The number of esters is 1. The summed E-state index contributed by atoms with van der Waals surface area (Å²) in [4.78, 5) is 24.9. The van der Waals surface area contributed by atoms with Crippen LogP contribution in [0, 0.1) is 0 Å². The number of nitrogens with two attached hydrogens (primary N) is 1. The SMILES string of the molecule is CCOC(=O)c1c(N)c(C(=O)c2ccccc2)n2c1CCC2. The Balaban J connectivity index is 2.11. The van der Waals surface area contributed by atoms with Gasteiger partial charge in [0.1, 0.15) is 11.3 Å². The molecule has 2 aromatic rings. The van der Waals surface area contributed by atoms with E-state index in [1.165, 1.54) is 0 Å². The fourth-order valence-electron chi connectivity index (χ4n) is 3.00. The van der Waals surface area contributed by atoms with Crippen LogP contribution in [0.2, 0.25) is 0 Å². The van der Waals surface area contributed by atoms with E-state index in [1.807, 2.05) is 22.8 Å². The van der Waals surface area contributed by atoms with Crippen molar-refractivity contribution in [3.8, 4) is 0 Å². The molecule has 1 aromatic carbocycles. The minimum absolute atomic E-state index is 0.156. The van der Waals surface area contributed by atoms with Gasteiger partial charge in [-0.1, -0.05) is 30.3 Å². The Labute approximate surface area is 128 Å². The molecule has 22 heavy (non-hydrogen) atoms. The van der Waals surface area contributed by atoms with Crippen LogP contribution < -0.4 is 5.73 Å². The van der Waals surface area contributed by atoms with Crippen LogP contribution in [-0.4, -0.2) is 22.9 Å². The molecule has 2 heterocycles. The summed E-state index contributed by atoms with van der Waals surface area (Å²) < 4.78 is 6.96. The molecule has 114 valence electrons. The fourth-order valence-corrected chi connectivity index (χ4v) is 3.00. The monoisotopic (exact) mass is 298 g/mol. The van der Waals surface area contributed by atoms with Gasteiger partial charge in [0, 0.05) is 17.8 Å². The second-order valence-corrected chi connectivity index (χ2v) is 5.25. The minimum atomic E-state index is -0.447. The number of benzene rings is 1. The van der Waals surface area contributed by atoms with Gasteiger partial charge in [-0.05, 0) is 19.8 Å². The van der Waals surface area contributed by atoms with Gasteiger partial charge in [-0.2, -0.15) is 0 Å². The van der Waals surface area contributed by atoms with Crippen molar-refractivity contribution in [1.82, 2.24) is 4.57 Å². The van der Waals surface area contributed by atoms with Gasteiger partial charge < -0.3 is 15.0 Å². The first-order chi connectivity index (χ1) is 10.6. The number of nitrogens with zero attached hydrogens (tertiary/aromatic N) is 1. The van der Waals surface area contributed by atoms with Crippen molar-refractivity contribution in [3.05, 3.63) is 52.8 Å². The van der Waals surface area contributed by atoms with Crippen LogP contribution in [-0.2, 0) is 17.7 Å². The van der Waals surface area contributed by atoms with Gasteiger partial charge in [0.2, 0.25) is 5.78 Å². The Bertz CT molecular complexity index is 732. The van der Waals surface area contributed by atoms with Crippen LogP contribution in [0.15, 0.2) is 30.3 Å². The van der Waals surface area contributed by atoms with Gasteiger partial charge in [-0.25, -0.2) is 4.79 Å². The highest BCUT2D eigenvalue weighted by atomic mass is 16.5. The zero-order chi connectivity index (χ0) is 15.7. The van der Waals surface area contributed by atoms with Crippen LogP contribution in [0.3, 0.4) is 0 Å². The maximum Gasteiger partial charge on any atom is 0.342 e. The maximum atomic E-state index is 12.8. The molecule has 0 atom stereocenters. The average molecular weight is 298 g/mol. The normalized spacial score (nSPS) is 13.0. The summed E-state index contributed by atoms with van der Waals surface area (Å²) >= 11 is 0. The van der Waals surface area contributed by atoms with E-state index >= 15 is 0 Å². The van der Waals surface area contributed by atoms with E-state index in [0.717, 1.165) is 18.5 Å². The van der Waals surface area contributed by atoms with Crippen molar-refractivity contribution in [3.63, 3.8) is 0 Å². The molecule has 5 nitrogen and oxygen atoms in total. The largest absolute Gasteiger partial charge is 0.462 e. The van der Waals surface area contributed by atoms with E-state index in [9.17, 15) is 9.59 Å². The highest BCUT2D eigenvalue weighted by Crippen LogP contribution is 2.33. The Kier molecular flexibility index (Phi) is 3.71. The average Bonchev–Trinajstić information content (AvgIpc) is 3.07. The third kappa shape index (κ3) is 2.19. The predicted octanol–water partition coefficient (Wildman–Crippen LogP) is 2.42. The highest BCUT2D eigenvalue weighted by Gasteiger charge is 2.32. The molecule has 0 bridgehead atoms. The number of hydrogen-bond acceptors (Lipinski definition) is 4. The Morgan fingerprint density at radius 2 is 2.00 bits per heavy atom. The molecule has 1 aromatic heterocycles. The number of carbonyl (C=O) groups excluding carboxylic acids is 2. The number of nitrogen functional groups attached to an aromatic ring is 1.